The number of hydrogen-bond donors (Lipinski definition) is 1. The Kier molecular flexibility index (Phi) is 2.54. The van der Waals surface area contributed by atoms with Crippen molar-refractivity contribution in [2.24, 2.45) is 5.92 Å². The highest BCUT2D eigenvalue weighted by molar-refractivity contribution is 5.72. The Labute approximate surface area is 78.8 Å². The van der Waals surface area contributed by atoms with Crippen molar-refractivity contribution in [2.45, 2.75) is 44.7 Å². The van der Waals surface area contributed by atoms with Gasteiger partial charge >= 0.3 is 5.97 Å². The summed E-state index contributed by atoms with van der Waals surface area (Å²) in [6.07, 6.45) is 4.44. The van der Waals surface area contributed by atoms with E-state index in [-0.39, 0.29) is 11.9 Å². The van der Waals surface area contributed by atoms with Gasteiger partial charge in [-0.05, 0) is 32.6 Å². The summed E-state index contributed by atoms with van der Waals surface area (Å²) >= 11 is 0. The normalized spacial score (nSPS) is 37.5. The maximum atomic E-state index is 11.5. The number of carbonyl (C=O) groups is 1. The summed E-state index contributed by atoms with van der Waals surface area (Å²) in [5.41, 5.74) is 0. The fourth-order valence-corrected chi connectivity index (χ4v) is 2.51. The highest BCUT2D eigenvalue weighted by Crippen LogP contribution is 2.31. The third kappa shape index (κ3) is 1.85. The molecule has 2 aliphatic heterocycles. The van der Waals surface area contributed by atoms with E-state index in [9.17, 15) is 4.79 Å². The van der Waals surface area contributed by atoms with Gasteiger partial charge in [-0.1, -0.05) is 0 Å². The van der Waals surface area contributed by atoms with Crippen molar-refractivity contribution < 1.29 is 9.53 Å². The first-order chi connectivity index (χ1) is 6.29. The summed E-state index contributed by atoms with van der Waals surface area (Å²) in [6.45, 7) is 2.38. The van der Waals surface area contributed by atoms with Crippen LogP contribution >= 0.6 is 0 Å². The summed E-state index contributed by atoms with van der Waals surface area (Å²) < 4.78 is 5.04. The van der Waals surface area contributed by atoms with Gasteiger partial charge < -0.3 is 10.1 Å². The number of rotatable bonds is 2. The molecule has 2 saturated heterocycles. The van der Waals surface area contributed by atoms with Crippen LogP contribution in [0.4, 0.5) is 0 Å². The molecule has 0 unspecified atom stereocenters. The van der Waals surface area contributed by atoms with E-state index < -0.39 is 0 Å². The van der Waals surface area contributed by atoms with Gasteiger partial charge in [0.2, 0.25) is 0 Å². The SMILES string of the molecule is CCOC(=O)[C@@H]1C[C@H]2CC[C@@H](C1)N2. The quantitative estimate of drug-likeness (QED) is 0.651. The number of piperidine rings is 1. The molecular weight excluding hydrogens is 166 g/mol. The van der Waals surface area contributed by atoms with Gasteiger partial charge in [-0.3, -0.25) is 4.79 Å². The maximum Gasteiger partial charge on any atom is 0.309 e. The van der Waals surface area contributed by atoms with E-state index in [2.05, 4.69) is 5.32 Å². The van der Waals surface area contributed by atoms with E-state index >= 15 is 0 Å². The predicted octanol–water partition coefficient (Wildman–Crippen LogP) is 1.08. The number of esters is 1. The lowest BCUT2D eigenvalue weighted by Crippen LogP contribution is -2.41. The molecule has 74 valence electrons. The zero-order valence-corrected chi connectivity index (χ0v) is 8.08. The van der Waals surface area contributed by atoms with Crippen molar-refractivity contribution in [3.63, 3.8) is 0 Å². The fourth-order valence-electron chi connectivity index (χ4n) is 2.51. The summed E-state index contributed by atoms with van der Waals surface area (Å²) in [5, 5.41) is 3.51. The lowest BCUT2D eigenvalue weighted by atomic mass is 9.93. The van der Waals surface area contributed by atoms with E-state index in [1.807, 2.05) is 6.92 Å². The Balaban J connectivity index is 1.91. The van der Waals surface area contributed by atoms with Gasteiger partial charge in [0.15, 0.2) is 0 Å². The third-order valence-electron chi connectivity index (χ3n) is 3.09. The molecule has 0 aromatic heterocycles. The predicted molar refractivity (Wildman–Crippen MR) is 49.3 cm³/mol. The Morgan fingerprint density at radius 2 is 2.00 bits per heavy atom. The average Bonchev–Trinajstić information content (AvgIpc) is 2.46. The molecular formula is C10H17NO2. The molecule has 2 aliphatic rings. The van der Waals surface area contributed by atoms with E-state index in [4.69, 9.17) is 4.74 Å². The molecule has 0 radical (unpaired) electrons. The van der Waals surface area contributed by atoms with Gasteiger partial charge in [0.05, 0.1) is 12.5 Å². The number of carbonyl (C=O) groups excluding carboxylic acids is 1. The summed E-state index contributed by atoms with van der Waals surface area (Å²) in [7, 11) is 0. The van der Waals surface area contributed by atoms with Crippen LogP contribution in [0, 0.1) is 5.92 Å². The Morgan fingerprint density at radius 3 is 2.54 bits per heavy atom. The minimum Gasteiger partial charge on any atom is -0.466 e. The summed E-state index contributed by atoms with van der Waals surface area (Å²) in [4.78, 5) is 11.5. The number of ether oxygens (including phenoxy) is 1. The molecule has 2 bridgehead atoms. The lowest BCUT2D eigenvalue weighted by Gasteiger charge is -2.27. The first-order valence-electron chi connectivity index (χ1n) is 5.22. The highest BCUT2D eigenvalue weighted by atomic mass is 16.5. The van der Waals surface area contributed by atoms with Gasteiger partial charge in [0.25, 0.3) is 0 Å². The number of nitrogens with one attached hydrogen (secondary N) is 1. The standard InChI is InChI=1S/C10H17NO2/c1-2-13-10(12)7-5-8-3-4-9(6-7)11-8/h7-9,11H,2-6H2,1H3/t7-,8-,9+. The third-order valence-corrected chi connectivity index (χ3v) is 3.09. The summed E-state index contributed by atoms with van der Waals surface area (Å²) in [6, 6.07) is 1.15. The van der Waals surface area contributed by atoms with Gasteiger partial charge in [-0.25, -0.2) is 0 Å². The van der Waals surface area contributed by atoms with Crippen LogP contribution in [-0.2, 0) is 9.53 Å². The molecule has 2 fully saturated rings. The summed E-state index contributed by atoms with van der Waals surface area (Å²) in [5.74, 6) is 0.180. The first kappa shape index (κ1) is 9.00. The highest BCUT2D eigenvalue weighted by Gasteiger charge is 2.37. The van der Waals surface area contributed by atoms with Gasteiger partial charge in [0.1, 0.15) is 0 Å². The minimum atomic E-state index is 0.0147. The van der Waals surface area contributed by atoms with Crippen LogP contribution in [0.3, 0.4) is 0 Å². The molecule has 3 heteroatoms. The minimum absolute atomic E-state index is 0.0147. The Hall–Kier alpha value is -0.570. The van der Waals surface area contributed by atoms with E-state index in [0.717, 1.165) is 12.8 Å². The molecule has 0 amide bonds. The largest absolute Gasteiger partial charge is 0.466 e. The van der Waals surface area contributed by atoms with Crippen LogP contribution in [0.5, 0.6) is 0 Å². The van der Waals surface area contributed by atoms with Crippen LogP contribution in [0.1, 0.15) is 32.6 Å². The van der Waals surface area contributed by atoms with Crippen LogP contribution in [0.2, 0.25) is 0 Å². The molecule has 2 heterocycles. The van der Waals surface area contributed by atoms with E-state index in [1.54, 1.807) is 0 Å². The molecule has 0 spiro atoms. The van der Waals surface area contributed by atoms with Crippen molar-refractivity contribution in [3.05, 3.63) is 0 Å². The van der Waals surface area contributed by atoms with Crippen molar-refractivity contribution >= 4 is 5.97 Å². The molecule has 0 aromatic rings. The van der Waals surface area contributed by atoms with Gasteiger partial charge in [-0.15, -0.1) is 0 Å². The van der Waals surface area contributed by atoms with E-state index in [1.165, 1.54) is 12.8 Å². The van der Waals surface area contributed by atoms with Crippen LogP contribution in [0.15, 0.2) is 0 Å². The second-order valence-electron chi connectivity index (χ2n) is 4.06. The zero-order chi connectivity index (χ0) is 9.26. The molecule has 1 N–H and O–H groups in total. The zero-order valence-electron chi connectivity index (χ0n) is 8.08. The topological polar surface area (TPSA) is 38.3 Å². The van der Waals surface area contributed by atoms with Gasteiger partial charge in [0, 0.05) is 12.1 Å². The van der Waals surface area contributed by atoms with Crippen LogP contribution < -0.4 is 5.32 Å². The molecule has 2 rings (SSSR count). The second kappa shape index (κ2) is 3.66. The van der Waals surface area contributed by atoms with Gasteiger partial charge in [-0.2, -0.15) is 0 Å². The van der Waals surface area contributed by atoms with E-state index in [0.29, 0.717) is 18.7 Å². The van der Waals surface area contributed by atoms with Crippen molar-refractivity contribution in [3.8, 4) is 0 Å². The maximum absolute atomic E-state index is 11.5. The lowest BCUT2D eigenvalue weighted by molar-refractivity contribution is -0.149. The second-order valence-corrected chi connectivity index (χ2v) is 4.06. The molecule has 0 aliphatic carbocycles. The Bertz CT molecular complexity index is 193. The fraction of sp³-hybridized carbons (Fsp3) is 0.900. The Morgan fingerprint density at radius 1 is 1.38 bits per heavy atom. The molecule has 0 saturated carbocycles. The molecule has 0 aromatic carbocycles. The number of fused-ring (bicyclic) bond motifs is 2. The van der Waals surface area contributed by atoms with Crippen molar-refractivity contribution in [2.75, 3.05) is 6.61 Å². The average molecular weight is 183 g/mol. The molecule has 13 heavy (non-hydrogen) atoms. The monoisotopic (exact) mass is 183 g/mol. The van der Waals surface area contributed by atoms with Crippen LogP contribution in [-0.4, -0.2) is 24.7 Å². The molecule has 3 nitrogen and oxygen atoms in total. The molecule has 3 atom stereocenters. The first-order valence-corrected chi connectivity index (χ1v) is 5.22. The smallest absolute Gasteiger partial charge is 0.309 e. The van der Waals surface area contributed by atoms with Crippen LogP contribution in [0.25, 0.3) is 0 Å². The number of hydrogen-bond acceptors (Lipinski definition) is 3. The van der Waals surface area contributed by atoms with Crippen molar-refractivity contribution in [1.82, 2.24) is 5.32 Å². The van der Waals surface area contributed by atoms with Crippen molar-refractivity contribution in [1.29, 1.82) is 0 Å².